The van der Waals surface area contributed by atoms with E-state index < -0.39 is 5.37 Å². The topological polar surface area (TPSA) is 49.4 Å². The van der Waals surface area contributed by atoms with Crippen LogP contribution in [-0.2, 0) is 4.79 Å². The van der Waals surface area contributed by atoms with Gasteiger partial charge in [-0.1, -0.05) is 34.1 Å². The van der Waals surface area contributed by atoms with E-state index in [9.17, 15) is 9.59 Å². The monoisotopic (exact) mass is 362 g/mol. The van der Waals surface area contributed by atoms with Gasteiger partial charge in [0.05, 0.1) is 5.69 Å². The van der Waals surface area contributed by atoms with Crippen LogP contribution in [0.4, 0.5) is 16.2 Å². The lowest BCUT2D eigenvalue weighted by Gasteiger charge is -2.14. The molecule has 1 heterocycles. The average Bonchev–Trinajstić information content (AvgIpc) is 2.76. The number of hydrogen-bond donors (Lipinski definition) is 1. The molecule has 1 N–H and O–H groups in total. The van der Waals surface area contributed by atoms with Crippen molar-refractivity contribution in [3.8, 4) is 0 Å². The molecule has 106 valence electrons. The fourth-order valence-corrected chi connectivity index (χ4v) is 3.18. The molecule has 1 aliphatic rings. The minimum Gasteiger partial charge on any atom is -0.365 e. The van der Waals surface area contributed by atoms with Gasteiger partial charge in [0, 0.05) is 10.2 Å². The number of carbonyl (C=O) groups excluding carboxylic acids is 2. The van der Waals surface area contributed by atoms with Crippen molar-refractivity contribution >= 4 is 50.2 Å². The third kappa shape index (κ3) is 2.96. The summed E-state index contributed by atoms with van der Waals surface area (Å²) in [5, 5.41) is 2.21. The molecule has 0 aromatic heterocycles. The SMILES string of the molecule is O=C1S[C@H](Nc2ccccc2)C(=O)N1c1ccc(Br)cc1. The van der Waals surface area contributed by atoms with Crippen LogP contribution >= 0.6 is 27.7 Å². The van der Waals surface area contributed by atoms with E-state index in [2.05, 4.69) is 21.2 Å². The van der Waals surface area contributed by atoms with Crippen LogP contribution in [0, 0.1) is 0 Å². The Hall–Kier alpha value is -1.79. The van der Waals surface area contributed by atoms with Gasteiger partial charge in [-0.15, -0.1) is 0 Å². The quantitative estimate of drug-likeness (QED) is 0.893. The number of thioether (sulfide) groups is 1. The molecule has 21 heavy (non-hydrogen) atoms. The Morgan fingerprint density at radius 1 is 1.00 bits per heavy atom. The predicted molar refractivity (Wildman–Crippen MR) is 88.5 cm³/mol. The zero-order valence-corrected chi connectivity index (χ0v) is 13.2. The number of nitrogens with zero attached hydrogens (tertiary/aromatic N) is 1. The summed E-state index contributed by atoms with van der Waals surface area (Å²) in [4.78, 5) is 25.7. The van der Waals surface area contributed by atoms with Crippen molar-refractivity contribution in [1.29, 1.82) is 0 Å². The first-order valence-electron chi connectivity index (χ1n) is 6.27. The van der Waals surface area contributed by atoms with E-state index in [0.717, 1.165) is 21.9 Å². The standard InChI is InChI=1S/C15H11BrN2O2S/c16-10-6-8-12(9-7-10)18-14(19)13(21-15(18)20)17-11-4-2-1-3-5-11/h1-9,13,17H/t13-/m0/s1. The highest BCUT2D eigenvalue weighted by Crippen LogP contribution is 2.32. The van der Waals surface area contributed by atoms with Crippen LogP contribution in [-0.4, -0.2) is 16.5 Å². The van der Waals surface area contributed by atoms with Gasteiger partial charge in [-0.2, -0.15) is 0 Å². The maximum absolute atomic E-state index is 12.4. The number of imide groups is 1. The molecule has 0 bridgehead atoms. The Labute approximate surface area is 134 Å². The molecule has 2 aromatic carbocycles. The molecule has 1 fully saturated rings. The van der Waals surface area contributed by atoms with Crippen LogP contribution in [0.15, 0.2) is 59.1 Å². The number of para-hydroxylation sites is 1. The van der Waals surface area contributed by atoms with Crippen molar-refractivity contribution in [1.82, 2.24) is 0 Å². The van der Waals surface area contributed by atoms with E-state index in [1.54, 1.807) is 24.3 Å². The second-order valence-electron chi connectivity index (χ2n) is 4.42. The van der Waals surface area contributed by atoms with Gasteiger partial charge in [0.1, 0.15) is 0 Å². The molecule has 0 spiro atoms. The number of rotatable bonds is 3. The summed E-state index contributed by atoms with van der Waals surface area (Å²) in [6.07, 6.45) is 0. The van der Waals surface area contributed by atoms with Crippen LogP contribution in [0.2, 0.25) is 0 Å². The van der Waals surface area contributed by atoms with Gasteiger partial charge in [0.15, 0.2) is 5.37 Å². The summed E-state index contributed by atoms with van der Waals surface area (Å²) >= 11 is 4.32. The molecule has 2 amide bonds. The Bertz CT molecular complexity index is 676. The van der Waals surface area contributed by atoms with E-state index in [4.69, 9.17) is 0 Å². The Balaban J connectivity index is 1.80. The highest BCUT2D eigenvalue weighted by atomic mass is 79.9. The van der Waals surface area contributed by atoms with Crippen LogP contribution in [0.3, 0.4) is 0 Å². The van der Waals surface area contributed by atoms with Crippen molar-refractivity contribution in [3.05, 3.63) is 59.1 Å². The van der Waals surface area contributed by atoms with Gasteiger partial charge in [-0.25, -0.2) is 4.90 Å². The summed E-state index contributed by atoms with van der Waals surface area (Å²) in [5.74, 6) is -0.254. The molecule has 0 aliphatic carbocycles. The molecular formula is C15H11BrN2O2S. The number of nitrogens with one attached hydrogen (secondary N) is 1. The minimum atomic E-state index is -0.594. The van der Waals surface area contributed by atoms with E-state index in [1.165, 1.54) is 4.90 Å². The fourth-order valence-electron chi connectivity index (χ4n) is 2.01. The van der Waals surface area contributed by atoms with Gasteiger partial charge in [-0.3, -0.25) is 9.59 Å². The maximum Gasteiger partial charge on any atom is 0.295 e. The first kappa shape index (κ1) is 14.2. The second kappa shape index (κ2) is 5.91. The Kier molecular flexibility index (Phi) is 3.98. The smallest absolute Gasteiger partial charge is 0.295 e. The lowest BCUT2D eigenvalue weighted by molar-refractivity contribution is -0.116. The van der Waals surface area contributed by atoms with E-state index in [1.807, 2.05) is 30.3 Å². The van der Waals surface area contributed by atoms with Crippen molar-refractivity contribution in [2.75, 3.05) is 10.2 Å². The average molecular weight is 363 g/mol. The molecule has 6 heteroatoms. The zero-order valence-electron chi connectivity index (χ0n) is 10.8. The van der Waals surface area contributed by atoms with Crippen LogP contribution in [0.1, 0.15) is 0 Å². The molecule has 0 radical (unpaired) electrons. The van der Waals surface area contributed by atoms with Crippen molar-refractivity contribution in [2.45, 2.75) is 5.37 Å². The molecule has 0 saturated carbocycles. The van der Waals surface area contributed by atoms with Crippen LogP contribution in [0.5, 0.6) is 0 Å². The lowest BCUT2D eigenvalue weighted by Crippen LogP contribution is -2.34. The van der Waals surface area contributed by atoms with Crippen molar-refractivity contribution < 1.29 is 9.59 Å². The highest BCUT2D eigenvalue weighted by Gasteiger charge is 2.40. The van der Waals surface area contributed by atoms with Gasteiger partial charge >= 0.3 is 0 Å². The minimum absolute atomic E-state index is 0.254. The van der Waals surface area contributed by atoms with Crippen molar-refractivity contribution in [3.63, 3.8) is 0 Å². The summed E-state index contributed by atoms with van der Waals surface area (Å²) < 4.78 is 0.900. The molecule has 3 rings (SSSR count). The van der Waals surface area contributed by atoms with Gasteiger partial charge in [-0.05, 0) is 48.2 Å². The van der Waals surface area contributed by atoms with E-state index in [-0.39, 0.29) is 11.1 Å². The molecule has 1 saturated heterocycles. The predicted octanol–water partition coefficient (Wildman–Crippen LogP) is 4.09. The summed E-state index contributed by atoms with van der Waals surface area (Å²) in [5.41, 5.74) is 1.40. The number of carbonyl (C=O) groups is 2. The van der Waals surface area contributed by atoms with Gasteiger partial charge in [0.25, 0.3) is 11.1 Å². The Morgan fingerprint density at radius 2 is 1.67 bits per heavy atom. The molecular weight excluding hydrogens is 352 g/mol. The lowest BCUT2D eigenvalue weighted by atomic mass is 10.3. The summed E-state index contributed by atoms with van der Waals surface area (Å²) in [7, 11) is 0. The largest absolute Gasteiger partial charge is 0.365 e. The van der Waals surface area contributed by atoms with Crippen LogP contribution < -0.4 is 10.2 Å². The van der Waals surface area contributed by atoms with E-state index in [0.29, 0.717) is 5.69 Å². The van der Waals surface area contributed by atoms with Gasteiger partial charge < -0.3 is 5.32 Å². The maximum atomic E-state index is 12.4. The first-order chi connectivity index (χ1) is 10.1. The molecule has 1 aliphatic heterocycles. The number of benzene rings is 2. The molecule has 4 nitrogen and oxygen atoms in total. The third-order valence-corrected chi connectivity index (χ3v) is 4.47. The molecule has 0 unspecified atom stereocenters. The molecule has 2 aromatic rings. The first-order valence-corrected chi connectivity index (χ1v) is 7.94. The zero-order chi connectivity index (χ0) is 14.8. The van der Waals surface area contributed by atoms with Crippen LogP contribution in [0.25, 0.3) is 0 Å². The number of hydrogen-bond acceptors (Lipinski definition) is 4. The van der Waals surface area contributed by atoms with E-state index >= 15 is 0 Å². The number of anilines is 2. The second-order valence-corrected chi connectivity index (χ2v) is 6.40. The fraction of sp³-hybridized carbons (Fsp3) is 0.0667. The number of amides is 2. The third-order valence-electron chi connectivity index (χ3n) is 3.00. The normalized spacial score (nSPS) is 18.1. The molecule has 1 atom stereocenters. The highest BCUT2D eigenvalue weighted by molar-refractivity contribution is 9.10. The number of halogens is 1. The summed E-state index contributed by atoms with van der Waals surface area (Å²) in [6.45, 7) is 0. The Morgan fingerprint density at radius 3 is 2.33 bits per heavy atom. The summed E-state index contributed by atoms with van der Waals surface area (Å²) in [6, 6.07) is 16.5. The van der Waals surface area contributed by atoms with Crippen molar-refractivity contribution in [2.24, 2.45) is 0 Å². The van der Waals surface area contributed by atoms with Gasteiger partial charge in [0.2, 0.25) is 0 Å².